The van der Waals surface area contributed by atoms with E-state index in [1.54, 1.807) is 18.2 Å². The summed E-state index contributed by atoms with van der Waals surface area (Å²) < 4.78 is 10.4. The molecule has 0 aliphatic rings. The number of carbonyl (C=O) groups excluding carboxylic acids is 2. The minimum atomic E-state index is -0.438. The molecule has 0 aliphatic heterocycles. The molecule has 0 aromatic heterocycles. The normalized spacial score (nSPS) is 10.2. The van der Waals surface area contributed by atoms with Crippen LogP contribution in [0.2, 0.25) is 0 Å². The lowest BCUT2D eigenvalue weighted by Crippen LogP contribution is -2.33. The van der Waals surface area contributed by atoms with Crippen LogP contribution in [0, 0.1) is 20.8 Å². The molecule has 0 saturated heterocycles. The van der Waals surface area contributed by atoms with E-state index in [1.807, 2.05) is 32.9 Å². The van der Waals surface area contributed by atoms with Crippen molar-refractivity contribution in [3.63, 3.8) is 0 Å². The second-order valence-corrected chi connectivity index (χ2v) is 6.04. The summed E-state index contributed by atoms with van der Waals surface area (Å²) in [6, 6.07) is 9.05. The lowest BCUT2D eigenvalue weighted by Gasteiger charge is -2.15. The maximum Gasteiger partial charge on any atom is 0.259 e. The molecule has 0 aliphatic carbocycles. The predicted molar refractivity (Wildman–Crippen MR) is 101 cm³/mol. The first-order valence-electron chi connectivity index (χ1n) is 8.24. The fourth-order valence-electron chi connectivity index (χ4n) is 2.88. The van der Waals surface area contributed by atoms with Crippen molar-refractivity contribution < 1.29 is 19.1 Å². The van der Waals surface area contributed by atoms with Gasteiger partial charge in [-0.3, -0.25) is 9.59 Å². The SMILES string of the molecule is COc1cccc(OC)c1C(=O)NCC(=O)Nc1c(C)cc(C)cc1C. The Bertz CT molecular complexity index is 785. The van der Waals surface area contributed by atoms with E-state index in [4.69, 9.17) is 9.47 Å². The molecule has 26 heavy (non-hydrogen) atoms. The lowest BCUT2D eigenvalue weighted by atomic mass is 10.1. The molecule has 0 heterocycles. The predicted octanol–water partition coefficient (Wildman–Crippen LogP) is 3.00. The van der Waals surface area contributed by atoms with Gasteiger partial charge in [-0.2, -0.15) is 0 Å². The Morgan fingerprint density at radius 3 is 2.00 bits per heavy atom. The molecule has 0 saturated carbocycles. The van der Waals surface area contributed by atoms with Gasteiger partial charge in [0.15, 0.2) is 0 Å². The third-order valence-corrected chi connectivity index (χ3v) is 4.01. The minimum Gasteiger partial charge on any atom is -0.496 e. The van der Waals surface area contributed by atoms with Gasteiger partial charge in [0, 0.05) is 5.69 Å². The summed E-state index contributed by atoms with van der Waals surface area (Å²) in [7, 11) is 2.95. The van der Waals surface area contributed by atoms with Crippen LogP contribution in [0.1, 0.15) is 27.0 Å². The van der Waals surface area contributed by atoms with E-state index in [-0.39, 0.29) is 18.0 Å². The molecule has 6 heteroatoms. The van der Waals surface area contributed by atoms with Crippen molar-refractivity contribution in [1.29, 1.82) is 0 Å². The van der Waals surface area contributed by atoms with Crippen LogP contribution in [0.3, 0.4) is 0 Å². The van der Waals surface area contributed by atoms with Gasteiger partial charge >= 0.3 is 0 Å². The molecule has 2 aromatic carbocycles. The van der Waals surface area contributed by atoms with Crippen molar-refractivity contribution in [2.45, 2.75) is 20.8 Å². The van der Waals surface area contributed by atoms with Gasteiger partial charge in [0.05, 0.1) is 20.8 Å². The van der Waals surface area contributed by atoms with Crippen molar-refractivity contribution in [1.82, 2.24) is 5.32 Å². The van der Waals surface area contributed by atoms with E-state index in [2.05, 4.69) is 10.6 Å². The van der Waals surface area contributed by atoms with Gasteiger partial charge in [0.2, 0.25) is 5.91 Å². The van der Waals surface area contributed by atoms with Gasteiger partial charge in [-0.1, -0.05) is 23.8 Å². The van der Waals surface area contributed by atoms with E-state index in [0.717, 1.165) is 22.4 Å². The Balaban J connectivity index is 2.08. The summed E-state index contributed by atoms with van der Waals surface area (Å²) in [4.78, 5) is 24.7. The molecule has 138 valence electrons. The van der Waals surface area contributed by atoms with Crippen LogP contribution in [0.15, 0.2) is 30.3 Å². The Kier molecular flexibility index (Phi) is 6.22. The molecule has 0 bridgehead atoms. The smallest absolute Gasteiger partial charge is 0.259 e. The number of benzene rings is 2. The van der Waals surface area contributed by atoms with Crippen LogP contribution >= 0.6 is 0 Å². The summed E-state index contributed by atoms with van der Waals surface area (Å²) in [5.74, 6) is 0.0223. The first kappa shape index (κ1) is 19.3. The highest BCUT2D eigenvalue weighted by molar-refractivity contribution is 6.03. The first-order chi connectivity index (χ1) is 12.4. The number of nitrogens with one attached hydrogen (secondary N) is 2. The van der Waals surface area contributed by atoms with Crippen LogP contribution < -0.4 is 20.1 Å². The average molecular weight is 356 g/mol. The first-order valence-corrected chi connectivity index (χ1v) is 8.24. The van der Waals surface area contributed by atoms with E-state index >= 15 is 0 Å². The van der Waals surface area contributed by atoms with Crippen molar-refractivity contribution in [3.05, 3.63) is 52.6 Å². The molecule has 0 spiro atoms. The molecule has 2 amide bonds. The van der Waals surface area contributed by atoms with Gasteiger partial charge in [-0.25, -0.2) is 0 Å². The van der Waals surface area contributed by atoms with Gasteiger partial charge in [0.1, 0.15) is 17.1 Å². The van der Waals surface area contributed by atoms with E-state index in [0.29, 0.717) is 11.5 Å². The minimum absolute atomic E-state index is 0.160. The summed E-state index contributed by atoms with van der Waals surface area (Å²) in [5, 5.41) is 5.46. The summed E-state index contributed by atoms with van der Waals surface area (Å²) >= 11 is 0. The Morgan fingerprint density at radius 1 is 0.962 bits per heavy atom. The Hall–Kier alpha value is -3.02. The summed E-state index contributed by atoms with van der Waals surface area (Å²) in [6.07, 6.45) is 0. The molecule has 0 unspecified atom stereocenters. The van der Waals surface area contributed by atoms with Crippen molar-refractivity contribution in [2.75, 3.05) is 26.1 Å². The van der Waals surface area contributed by atoms with E-state index in [9.17, 15) is 9.59 Å². The maximum absolute atomic E-state index is 12.5. The average Bonchev–Trinajstić information content (AvgIpc) is 2.61. The van der Waals surface area contributed by atoms with E-state index < -0.39 is 5.91 Å². The van der Waals surface area contributed by atoms with Crippen molar-refractivity contribution in [3.8, 4) is 11.5 Å². The van der Waals surface area contributed by atoms with Crippen LogP contribution in [0.5, 0.6) is 11.5 Å². The second-order valence-electron chi connectivity index (χ2n) is 6.04. The van der Waals surface area contributed by atoms with Crippen LogP contribution in [0.4, 0.5) is 5.69 Å². The monoisotopic (exact) mass is 356 g/mol. The highest BCUT2D eigenvalue weighted by Gasteiger charge is 2.19. The summed E-state index contributed by atoms with van der Waals surface area (Å²) in [6.45, 7) is 5.72. The molecule has 2 aromatic rings. The number of aryl methyl sites for hydroxylation is 3. The van der Waals surface area contributed by atoms with Crippen LogP contribution in [0.25, 0.3) is 0 Å². The molecule has 2 rings (SSSR count). The number of anilines is 1. The highest BCUT2D eigenvalue weighted by Crippen LogP contribution is 2.28. The number of methoxy groups -OCH3 is 2. The molecule has 6 nitrogen and oxygen atoms in total. The Labute approximate surface area is 153 Å². The number of amides is 2. The van der Waals surface area contributed by atoms with Gasteiger partial charge in [-0.15, -0.1) is 0 Å². The van der Waals surface area contributed by atoms with Crippen LogP contribution in [-0.4, -0.2) is 32.6 Å². The number of ether oxygens (including phenoxy) is 2. The lowest BCUT2D eigenvalue weighted by molar-refractivity contribution is -0.115. The van der Waals surface area contributed by atoms with Gasteiger partial charge in [-0.05, 0) is 44.0 Å². The molecule has 0 fully saturated rings. The van der Waals surface area contributed by atoms with Crippen LogP contribution in [-0.2, 0) is 4.79 Å². The second kappa shape index (κ2) is 8.38. The van der Waals surface area contributed by atoms with Crippen molar-refractivity contribution in [2.24, 2.45) is 0 Å². The standard InChI is InChI=1S/C20H24N2O4/c1-12-9-13(2)19(14(3)10-12)22-17(23)11-21-20(24)18-15(25-4)7-6-8-16(18)26-5/h6-10H,11H2,1-5H3,(H,21,24)(H,22,23). The van der Waals surface area contributed by atoms with Crippen molar-refractivity contribution >= 4 is 17.5 Å². The zero-order chi connectivity index (χ0) is 19.3. The molecule has 0 radical (unpaired) electrons. The number of hydrogen-bond acceptors (Lipinski definition) is 4. The van der Waals surface area contributed by atoms with E-state index in [1.165, 1.54) is 14.2 Å². The highest BCUT2D eigenvalue weighted by atomic mass is 16.5. The topological polar surface area (TPSA) is 76.7 Å². The largest absolute Gasteiger partial charge is 0.496 e. The molecular weight excluding hydrogens is 332 g/mol. The van der Waals surface area contributed by atoms with Gasteiger partial charge in [0.25, 0.3) is 5.91 Å². The zero-order valence-corrected chi connectivity index (χ0v) is 15.7. The molecule has 0 atom stereocenters. The number of carbonyl (C=O) groups is 2. The molecular formula is C20H24N2O4. The fraction of sp³-hybridized carbons (Fsp3) is 0.300. The quantitative estimate of drug-likeness (QED) is 0.834. The Morgan fingerprint density at radius 2 is 1.50 bits per heavy atom. The van der Waals surface area contributed by atoms with Gasteiger partial charge < -0.3 is 20.1 Å². The fourth-order valence-corrected chi connectivity index (χ4v) is 2.88. The zero-order valence-electron chi connectivity index (χ0n) is 15.7. The summed E-state index contributed by atoms with van der Waals surface area (Å²) in [5.41, 5.74) is 4.12. The third-order valence-electron chi connectivity index (χ3n) is 4.01. The number of hydrogen-bond donors (Lipinski definition) is 2. The number of rotatable bonds is 6. The maximum atomic E-state index is 12.5. The third kappa shape index (κ3) is 4.33. The molecule has 2 N–H and O–H groups in total.